The summed E-state index contributed by atoms with van der Waals surface area (Å²) < 4.78 is 46.1. The Morgan fingerprint density at radius 2 is 1.92 bits per heavy atom. The molecule has 0 N–H and O–H groups in total. The Balaban J connectivity index is 1.91. The van der Waals surface area contributed by atoms with Crippen molar-refractivity contribution < 1.29 is 17.9 Å². The summed E-state index contributed by atoms with van der Waals surface area (Å²) in [5, 5.41) is 0. The molecule has 2 aromatic rings. The van der Waals surface area contributed by atoms with Crippen LogP contribution >= 0.6 is 0 Å². The Hall–Kier alpha value is -2.51. The predicted molar refractivity (Wildman–Crippen MR) is 84.4 cm³/mol. The van der Waals surface area contributed by atoms with Crippen molar-refractivity contribution in [3.05, 3.63) is 42.9 Å². The van der Waals surface area contributed by atoms with Crippen LogP contribution < -0.4 is 14.5 Å². The van der Waals surface area contributed by atoms with E-state index in [2.05, 4.69) is 9.97 Å². The molecule has 1 aromatic heterocycles. The molecule has 0 spiro atoms. The number of para-hydroxylation sites is 1. The number of anilines is 2. The fourth-order valence-corrected chi connectivity index (χ4v) is 2.86. The highest BCUT2D eigenvalue weighted by molar-refractivity contribution is 5.55. The maximum atomic E-state index is 13.6. The molecule has 0 bridgehead atoms. The van der Waals surface area contributed by atoms with E-state index in [9.17, 15) is 13.2 Å². The van der Waals surface area contributed by atoms with E-state index >= 15 is 0 Å². The van der Waals surface area contributed by atoms with Gasteiger partial charge in [-0.2, -0.15) is 13.2 Å². The number of halogens is 3. The van der Waals surface area contributed by atoms with Crippen LogP contribution in [-0.2, 0) is 0 Å². The van der Waals surface area contributed by atoms with Crippen LogP contribution in [0.1, 0.15) is 0 Å². The molecule has 1 aromatic carbocycles. The van der Waals surface area contributed by atoms with Crippen LogP contribution in [-0.4, -0.2) is 48.9 Å². The maximum Gasteiger partial charge on any atom is 0.410 e. The van der Waals surface area contributed by atoms with Gasteiger partial charge < -0.3 is 14.5 Å². The van der Waals surface area contributed by atoms with Gasteiger partial charge in [-0.25, -0.2) is 9.97 Å². The van der Waals surface area contributed by atoms with Gasteiger partial charge in [-0.1, -0.05) is 18.2 Å². The highest BCUT2D eigenvalue weighted by Crippen LogP contribution is 2.35. The second kappa shape index (κ2) is 6.54. The molecule has 24 heavy (non-hydrogen) atoms. The van der Waals surface area contributed by atoms with Gasteiger partial charge in [-0.05, 0) is 12.1 Å². The summed E-state index contributed by atoms with van der Waals surface area (Å²) in [6.45, 7) is 0.483. The molecule has 128 valence electrons. The molecule has 3 rings (SSSR count). The smallest absolute Gasteiger partial charge is 0.410 e. The van der Waals surface area contributed by atoms with Gasteiger partial charge in [0.2, 0.25) is 0 Å². The van der Waals surface area contributed by atoms with Crippen molar-refractivity contribution in [2.24, 2.45) is 0 Å². The molecule has 0 radical (unpaired) electrons. The summed E-state index contributed by atoms with van der Waals surface area (Å²) in [4.78, 5) is 10.8. The number of benzene rings is 1. The molecular formula is C16H17F3N4O. The topological polar surface area (TPSA) is 41.5 Å². The Morgan fingerprint density at radius 1 is 1.17 bits per heavy atom. The number of aromatic nitrogens is 2. The van der Waals surface area contributed by atoms with E-state index in [0.29, 0.717) is 6.54 Å². The SMILES string of the molecule is COc1cncnc1N1CCN(c2ccccc2)CC1C(F)(F)F. The second-order valence-corrected chi connectivity index (χ2v) is 5.45. The number of hydrogen-bond acceptors (Lipinski definition) is 5. The Kier molecular flexibility index (Phi) is 4.46. The van der Waals surface area contributed by atoms with Crippen LogP contribution in [0, 0.1) is 0 Å². The van der Waals surface area contributed by atoms with E-state index in [-0.39, 0.29) is 24.7 Å². The number of methoxy groups -OCH3 is 1. The summed E-state index contributed by atoms with van der Waals surface area (Å²) in [7, 11) is 1.39. The molecule has 0 aliphatic carbocycles. The second-order valence-electron chi connectivity index (χ2n) is 5.45. The summed E-state index contributed by atoms with van der Waals surface area (Å²) in [5.41, 5.74) is 0.779. The van der Waals surface area contributed by atoms with E-state index in [1.54, 1.807) is 4.90 Å². The van der Waals surface area contributed by atoms with E-state index in [0.717, 1.165) is 5.69 Å². The fraction of sp³-hybridized carbons (Fsp3) is 0.375. The van der Waals surface area contributed by atoms with Crippen LogP contribution in [0.4, 0.5) is 24.7 Å². The molecule has 2 heterocycles. The Bertz CT molecular complexity index is 681. The summed E-state index contributed by atoms with van der Waals surface area (Å²) in [6, 6.07) is 7.43. The molecule has 8 heteroatoms. The number of rotatable bonds is 3. The van der Waals surface area contributed by atoms with Gasteiger partial charge >= 0.3 is 6.18 Å². The summed E-state index contributed by atoms with van der Waals surface area (Å²) in [5.74, 6) is 0.405. The lowest BCUT2D eigenvalue weighted by Crippen LogP contribution is -2.59. The van der Waals surface area contributed by atoms with Gasteiger partial charge in [0.1, 0.15) is 12.4 Å². The molecule has 1 unspecified atom stereocenters. The standard InChI is InChI=1S/C16H17F3N4O/c1-24-13-9-20-11-21-15(13)23-8-7-22(10-14(23)16(17,18)19)12-5-3-2-4-6-12/h2-6,9,11,14H,7-8,10H2,1H3. The van der Waals surface area contributed by atoms with Crippen LogP contribution in [0.15, 0.2) is 42.9 Å². The fourth-order valence-electron chi connectivity index (χ4n) is 2.86. The molecular weight excluding hydrogens is 321 g/mol. The third-order valence-electron chi connectivity index (χ3n) is 4.03. The first-order valence-corrected chi connectivity index (χ1v) is 7.48. The largest absolute Gasteiger partial charge is 0.491 e. The van der Waals surface area contributed by atoms with E-state index in [1.807, 2.05) is 30.3 Å². The van der Waals surface area contributed by atoms with E-state index < -0.39 is 12.2 Å². The predicted octanol–water partition coefficient (Wildman–Crippen LogP) is 2.74. The van der Waals surface area contributed by atoms with Crippen molar-refractivity contribution in [1.29, 1.82) is 0 Å². The van der Waals surface area contributed by atoms with E-state index in [1.165, 1.54) is 24.5 Å². The lowest BCUT2D eigenvalue weighted by molar-refractivity contribution is -0.148. The van der Waals surface area contributed by atoms with Crippen LogP contribution in [0.2, 0.25) is 0 Å². The molecule has 1 aliphatic heterocycles. The minimum atomic E-state index is -4.39. The van der Waals surface area contributed by atoms with Crippen molar-refractivity contribution in [3.63, 3.8) is 0 Å². The molecule has 5 nitrogen and oxygen atoms in total. The maximum absolute atomic E-state index is 13.6. The minimum absolute atomic E-state index is 0.166. The highest BCUT2D eigenvalue weighted by Gasteiger charge is 2.47. The molecule has 1 saturated heterocycles. The van der Waals surface area contributed by atoms with Gasteiger partial charge in [0, 0.05) is 25.3 Å². The first-order chi connectivity index (χ1) is 11.5. The number of piperazine rings is 1. The average molecular weight is 338 g/mol. The summed E-state index contributed by atoms with van der Waals surface area (Å²) in [6.07, 6.45) is -1.78. The Labute approximate surface area is 137 Å². The lowest BCUT2D eigenvalue weighted by atomic mass is 10.1. The van der Waals surface area contributed by atoms with Gasteiger partial charge in [0.15, 0.2) is 11.6 Å². The third kappa shape index (κ3) is 3.22. The number of alkyl halides is 3. The van der Waals surface area contributed by atoms with Crippen molar-refractivity contribution in [2.45, 2.75) is 12.2 Å². The van der Waals surface area contributed by atoms with Crippen molar-refractivity contribution in [1.82, 2.24) is 9.97 Å². The molecule has 0 amide bonds. The lowest BCUT2D eigenvalue weighted by Gasteiger charge is -2.43. The third-order valence-corrected chi connectivity index (χ3v) is 4.03. The molecule has 1 aliphatic rings. The zero-order valence-electron chi connectivity index (χ0n) is 13.1. The quantitative estimate of drug-likeness (QED) is 0.861. The molecule has 1 fully saturated rings. The minimum Gasteiger partial charge on any atom is -0.491 e. The normalized spacial score (nSPS) is 18.6. The number of hydrogen-bond donors (Lipinski definition) is 0. The first-order valence-electron chi connectivity index (χ1n) is 7.48. The van der Waals surface area contributed by atoms with Crippen LogP contribution in [0.25, 0.3) is 0 Å². The number of ether oxygens (including phenoxy) is 1. The van der Waals surface area contributed by atoms with E-state index in [4.69, 9.17) is 4.74 Å². The van der Waals surface area contributed by atoms with Crippen molar-refractivity contribution in [3.8, 4) is 5.75 Å². The molecule has 1 atom stereocenters. The number of nitrogens with zero attached hydrogens (tertiary/aromatic N) is 4. The van der Waals surface area contributed by atoms with Gasteiger partial charge in [0.05, 0.1) is 13.3 Å². The van der Waals surface area contributed by atoms with Crippen molar-refractivity contribution in [2.75, 3.05) is 36.5 Å². The van der Waals surface area contributed by atoms with Crippen LogP contribution in [0.3, 0.4) is 0 Å². The van der Waals surface area contributed by atoms with Gasteiger partial charge in [-0.3, -0.25) is 0 Å². The highest BCUT2D eigenvalue weighted by atomic mass is 19.4. The Morgan fingerprint density at radius 3 is 2.58 bits per heavy atom. The zero-order valence-corrected chi connectivity index (χ0v) is 13.1. The first kappa shape index (κ1) is 16.4. The van der Waals surface area contributed by atoms with Gasteiger partial charge in [0.25, 0.3) is 0 Å². The average Bonchev–Trinajstić information content (AvgIpc) is 2.61. The van der Waals surface area contributed by atoms with Crippen LogP contribution in [0.5, 0.6) is 5.75 Å². The zero-order chi connectivity index (χ0) is 17.2. The van der Waals surface area contributed by atoms with Crippen molar-refractivity contribution >= 4 is 11.5 Å². The molecule has 0 saturated carbocycles. The monoisotopic (exact) mass is 338 g/mol. The summed E-state index contributed by atoms with van der Waals surface area (Å²) >= 11 is 0. The van der Waals surface area contributed by atoms with Gasteiger partial charge in [-0.15, -0.1) is 0 Å².